The zero-order chi connectivity index (χ0) is 29.8. The first kappa shape index (κ1) is 31.2. The fourth-order valence-corrected chi connectivity index (χ4v) is 3.54. The Morgan fingerprint density at radius 2 is 1.43 bits per heavy atom. The standard InChI is InChI=1S/C24H30N6O10/c25-15(7-12-1-3-14(31)4-2-12)21(36)29-17(9-20(34)35)23(38)28-16(5-6-19(32)33)22(37)30-18(24(39)40)8-13-10-26-11-27-13/h1-4,10-11,15-18,31H,5-9,25H2,(H,26,27)(H,28,38)(H,29,36)(H,30,37)(H,32,33)(H,34,35)(H,39,40). The van der Waals surface area contributed by atoms with Crippen molar-refractivity contribution >= 4 is 35.6 Å². The summed E-state index contributed by atoms with van der Waals surface area (Å²) in [6.45, 7) is 0. The second-order valence-electron chi connectivity index (χ2n) is 8.81. The van der Waals surface area contributed by atoms with Crippen LogP contribution in [-0.4, -0.2) is 90.2 Å². The monoisotopic (exact) mass is 562 g/mol. The van der Waals surface area contributed by atoms with Gasteiger partial charge in [-0.05, 0) is 30.5 Å². The third-order valence-corrected chi connectivity index (χ3v) is 5.61. The van der Waals surface area contributed by atoms with Gasteiger partial charge in [-0.15, -0.1) is 0 Å². The Balaban J connectivity index is 2.14. The lowest BCUT2D eigenvalue weighted by atomic mass is 10.0. The van der Waals surface area contributed by atoms with E-state index >= 15 is 0 Å². The Labute approximate surface area is 227 Å². The summed E-state index contributed by atoms with van der Waals surface area (Å²) >= 11 is 0. The van der Waals surface area contributed by atoms with E-state index in [-0.39, 0.29) is 18.6 Å². The third-order valence-electron chi connectivity index (χ3n) is 5.61. The number of aromatic hydroxyl groups is 1. The van der Waals surface area contributed by atoms with Crippen LogP contribution in [-0.2, 0) is 41.6 Å². The summed E-state index contributed by atoms with van der Waals surface area (Å²) in [5.41, 5.74) is 6.85. The molecular weight excluding hydrogens is 532 g/mol. The maximum absolute atomic E-state index is 13.0. The molecule has 10 N–H and O–H groups in total. The van der Waals surface area contributed by atoms with Gasteiger partial charge in [0.05, 0.1) is 18.8 Å². The Bertz CT molecular complexity index is 1200. The lowest BCUT2D eigenvalue weighted by Gasteiger charge is -2.24. The van der Waals surface area contributed by atoms with Gasteiger partial charge in [0.2, 0.25) is 17.7 Å². The number of carboxylic acid groups (broad SMARTS) is 3. The molecule has 2 aromatic rings. The number of nitrogens with one attached hydrogen (secondary N) is 4. The van der Waals surface area contributed by atoms with Crippen LogP contribution in [0.25, 0.3) is 0 Å². The number of phenols is 1. The molecule has 0 aliphatic heterocycles. The van der Waals surface area contributed by atoms with Gasteiger partial charge in [-0.1, -0.05) is 12.1 Å². The van der Waals surface area contributed by atoms with Crippen LogP contribution in [0.15, 0.2) is 36.8 Å². The summed E-state index contributed by atoms with van der Waals surface area (Å²) in [5.74, 6) is -7.24. The van der Waals surface area contributed by atoms with Crippen LogP contribution in [0.4, 0.5) is 0 Å². The molecule has 1 heterocycles. The van der Waals surface area contributed by atoms with Crippen LogP contribution in [0.1, 0.15) is 30.5 Å². The molecule has 3 amide bonds. The van der Waals surface area contributed by atoms with E-state index in [1.807, 2.05) is 0 Å². The van der Waals surface area contributed by atoms with E-state index in [0.717, 1.165) is 0 Å². The van der Waals surface area contributed by atoms with Crippen molar-refractivity contribution < 1.29 is 49.2 Å². The Morgan fingerprint density at radius 1 is 0.825 bits per heavy atom. The van der Waals surface area contributed by atoms with Crippen LogP contribution >= 0.6 is 0 Å². The molecule has 1 aromatic carbocycles. The van der Waals surface area contributed by atoms with E-state index in [1.165, 1.54) is 36.8 Å². The van der Waals surface area contributed by atoms with Gasteiger partial charge in [0.1, 0.15) is 23.9 Å². The van der Waals surface area contributed by atoms with Crippen molar-refractivity contribution in [1.82, 2.24) is 25.9 Å². The van der Waals surface area contributed by atoms with Gasteiger partial charge in [0.15, 0.2) is 0 Å². The van der Waals surface area contributed by atoms with Crippen LogP contribution in [0, 0.1) is 0 Å². The van der Waals surface area contributed by atoms with Crippen molar-refractivity contribution in [1.29, 1.82) is 0 Å². The number of aromatic nitrogens is 2. The molecular formula is C24H30N6O10. The van der Waals surface area contributed by atoms with E-state index < -0.39 is 79.1 Å². The van der Waals surface area contributed by atoms with Crippen LogP contribution < -0.4 is 21.7 Å². The minimum Gasteiger partial charge on any atom is -0.508 e. The van der Waals surface area contributed by atoms with Crippen molar-refractivity contribution in [3.05, 3.63) is 48.0 Å². The SMILES string of the molecule is NC(Cc1ccc(O)cc1)C(=O)NC(CC(=O)O)C(=O)NC(CCC(=O)O)C(=O)NC(Cc1cnc[nH]1)C(=O)O. The molecule has 0 saturated carbocycles. The first-order valence-corrected chi connectivity index (χ1v) is 11.9. The Kier molecular flexibility index (Phi) is 11.6. The molecule has 0 radical (unpaired) electrons. The summed E-state index contributed by atoms with van der Waals surface area (Å²) in [4.78, 5) is 79.1. The van der Waals surface area contributed by atoms with Gasteiger partial charge < -0.3 is 47.1 Å². The normalized spacial score (nSPS) is 13.7. The van der Waals surface area contributed by atoms with Gasteiger partial charge >= 0.3 is 17.9 Å². The van der Waals surface area contributed by atoms with Gasteiger partial charge in [-0.25, -0.2) is 9.78 Å². The highest BCUT2D eigenvalue weighted by Gasteiger charge is 2.32. The van der Waals surface area contributed by atoms with Crippen LogP contribution in [0.3, 0.4) is 0 Å². The molecule has 16 heteroatoms. The molecule has 216 valence electrons. The minimum absolute atomic E-state index is 0.00237. The number of imidazole rings is 1. The summed E-state index contributed by atoms with van der Waals surface area (Å²) in [7, 11) is 0. The first-order chi connectivity index (χ1) is 18.8. The number of nitrogens with two attached hydrogens (primary N) is 1. The number of rotatable bonds is 16. The molecule has 2 rings (SSSR count). The largest absolute Gasteiger partial charge is 0.508 e. The number of aromatic amines is 1. The number of aliphatic carboxylic acids is 3. The van der Waals surface area contributed by atoms with Gasteiger partial charge in [0, 0.05) is 24.7 Å². The highest BCUT2D eigenvalue weighted by molar-refractivity contribution is 5.95. The summed E-state index contributed by atoms with van der Waals surface area (Å²) in [6.07, 6.45) is 0.494. The second kappa shape index (κ2) is 14.8. The number of carbonyl (C=O) groups is 6. The van der Waals surface area contributed by atoms with Crippen LogP contribution in [0.5, 0.6) is 5.75 Å². The molecule has 0 saturated heterocycles. The zero-order valence-electron chi connectivity index (χ0n) is 21.1. The number of hydrogen-bond acceptors (Lipinski definition) is 9. The first-order valence-electron chi connectivity index (χ1n) is 11.9. The maximum Gasteiger partial charge on any atom is 0.326 e. The van der Waals surface area contributed by atoms with Crippen molar-refractivity contribution in [2.75, 3.05) is 0 Å². The lowest BCUT2D eigenvalue weighted by Crippen LogP contribution is -2.57. The van der Waals surface area contributed by atoms with Crippen molar-refractivity contribution in [2.24, 2.45) is 5.73 Å². The van der Waals surface area contributed by atoms with Gasteiger partial charge in [-0.2, -0.15) is 0 Å². The molecule has 4 unspecified atom stereocenters. The van der Waals surface area contributed by atoms with Crippen LogP contribution in [0.2, 0.25) is 0 Å². The summed E-state index contributed by atoms with van der Waals surface area (Å²) < 4.78 is 0. The molecule has 0 fully saturated rings. The summed E-state index contributed by atoms with van der Waals surface area (Å²) in [5, 5.41) is 43.8. The fraction of sp³-hybridized carbons (Fsp3) is 0.375. The van der Waals surface area contributed by atoms with Gasteiger partial charge in [0.25, 0.3) is 0 Å². The predicted molar refractivity (Wildman–Crippen MR) is 135 cm³/mol. The van der Waals surface area contributed by atoms with E-state index in [0.29, 0.717) is 11.3 Å². The fourth-order valence-electron chi connectivity index (χ4n) is 3.54. The van der Waals surface area contributed by atoms with Gasteiger partial charge in [-0.3, -0.25) is 24.0 Å². The minimum atomic E-state index is -1.70. The molecule has 0 aliphatic rings. The molecule has 0 bridgehead atoms. The van der Waals surface area contributed by atoms with Crippen molar-refractivity contribution in [3.63, 3.8) is 0 Å². The van der Waals surface area contributed by atoms with Crippen molar-refractivity contribution in [2.45, 2.75) is 56.3 Å². The average Bonchev–Trinajstić information content (AvgIpc) is 3.39. The number of amides is 3. The molecule has 40 heavy (non-hydrogen) atoms. The predicted octanol–water partition coefficient (Wildman–Crippen LogP) is -1.89. The molecule has 0 aliphatic carbocycles. The van der Waals surface area contributed by atoms with Crippen molar-refractivity contribution in [3.8, 4) is 5.75 Å². The highest BCUT2D eigenvalue weighted by atomic mass is 16.4. The highest BCUT2D eigenvalue weighted by Crippen LogP contribution is 2.11. The average molecular weight is 563 g/mol. The molecule has 16 nitrogen and oxygen atoms in total. The number of benzene rings is 1. The quantitative estimate of drug-likeness (QED) is 0.109. The lowest BCUT2D eigenvalue weighted by molar-refractivity contribution is -0.143. The zero-order valence-corrected chi connectivity index (χ0v) is 21.1. The number of hydrogen-bond donors (Lipinski definition) is 9. The van der Waals surface area contributed by atoms with E-state index in [1.54, 1.807) is 0 Å². The third kappa shape index (κ3) is 10.4. The number of H-pyrrole nitrogens is 1. The molecule has 0 spiro atoms. The molecule has 4 atom stereocenters. The van der Waals surface area contributed by atoms with E-state index in [9.17, 15) is 44.1 Å². The van der Waals surface area contributed by atoms with E-state index in [4.69, 9.17) is 10.8 Å². The number of carboxylic acids is 3. The summed E-state index contributed by atoms with van der Waals surface area (Å²) in [6, 6.07) is -0.149. The topological polar surface area (TPSA) is 274 Å². The van der Waals surface area contributed by atoms with E-state index in [2.05, 4.69) is 25.9 Å². The maximum atomic E-state index is 13.0. The number of carbonyl (C=O) groups excluding carboxylic acids is 3. The Morgan fingerprint density at radius 3 is 1.98 bits per heavy atom. The number of nitrogens with zero attached hydrogens (tertiary/aromatic N) is 1. The number of phenolic OH excluding ortho intramolecular Hbond substituents is 1. The second-order valence-corrected chi connectivity index (χ2v) is 8.81. The smallest absolute Gasteiger partial charge is 0.326 e. The Hall–Kier alpha value is -4.99. The molecule has 1 aromatic heterocycles.